The lowest BCUT2D eigenvalue weighted by molar-refractivity contribution is -0.132. The first kappa shape index (κ1) is 13.7. The number of primary amides is 1. The van der Waals surface area contributed by atoms with Gasteiger partial charge in [-0.3, -0.25) is 9.20 Å². The summed E-state index contributed by atoms with van der Waals surface area (Å²) >= 11 is 1.40. The van der Waals surface area contributed by atoms with Crippen molar-refractivity contribution in [3.63, 3.8) is 0 Å². The second-order valence-corrected chi connectivity index (χ2v) is 5.43. The number of nitrogens with two attached hydrogens (primary N) is 1. The Balaban J connectivity index is 2.19. The maximum atomic E-state index is 11.1. The van der Waals surface area contributed by atoms with E-state index in [9.17, 15) is 15.0 Å². The molecule has 2 heterocycles. The molecule has 3 rings (SSSR count). The van der Waals surface area contributed by atoms with Crippen LogP contribution in [0.15, 0.2) is 41.9 Å². The quantitative estimate of drug-likeness (QED) is 0.667. The Kier molecular flexibility index (Phi) is 3.46. The lowest BCUT2D eigenvalue weighted by Gasteiger charge is -2.16. The molecule has 108 valence electrons. The van der Waals surface area contributed by atoms with Crippen molar-refractivity contribution < 1.29 is 15.0 Å². The number of fused-ring (bicyclic) bond motifs is 1. The van der Waals surface area contributed by atoms with E-state index in [0.29, 0.717) is 16.3 Å². The maximum absolute atomic E-state index is 11.1. The fraction of sp³-hybridized carbons (Fsp3) is 0.143. The standard InChI is InChI=1S/C14H13N3O3S/c15-13(20)12(19)11(18)10-9(8-4-2-1-3-5-8)16-14-17(10)6-7-21-14/h1-7,11-12,18-19H,(H2,15,20). The number of aliphatic hydroxyl groups excluding tert-OH is 2. The van der Waals surface area contributed by atoms with E-state index in [-0.39, 0.29) is 0 Å². The minimum absolute atomic E-state index is 0.351. The minimum Gasteiger partial charge on any atom is -0.383 e. The highest BCUT2D eigenvalue weighted by Gasteiger charge is 2.30. The average molecular weight is 303 g/mol. The van der Waals surface area contributed by atoms with Crippen molar-refractivity contribution in [2.75, 3.05) is 0 Å². The highest BCUT2D eigenvalue weighted by molar-refractivity contribution is 7.15. The second-order valence-electron chi connectivity index (χ2n) is 4.56. The van der Waals surface area contributed by atoms with Crippen molar-refractivity contribution in [2.24, 2.45) is 5.73 Å². The first-order chi connectivity index (χ1) is 10.1. The van der Waals surface area contributed by atoms with Crippen molar-refractivity contribution in [1.29, 1.82) is 0 Å². The Morgan fingerprint density at radius 3 is 2.67 bits per heavy atom. The summed E-state index contributed by atoms with van der Waals surface area (Å²) in [7, 11) is 0. The van der Waals surface area contributed by atoms with Gasteiger partial charge in [0, 0.05) is 17.1 Å². The molecule has 3 aromatic rings. The molecule has 2 atom stereocenters. The van der Waals surface area contributed by atoms with Crippen molar-refractivity contribution in [3.05, 3.63) is 47.6 Å². The van der Waals surface area contributed by atoms with Crippen LogP contribution in [0.3, 0.4) is 0 Å². The lowest BCUT2D eigenvalue weighted by Crippen LogP contribution is -2.34. The van der Waals surface area contributed by atoms with Gasteiger partial charge in [-0.05, 0) is 0 Å². The van der Waals surface area contributed by atoms with E-state index in [0.717, 1.165) is 5.56 Å². The summed E-state index contributed by atoms with van der Waals surface area (Å²) in [5, 5.41) is 21.9. The lowest BCUT2D eigenvalue weighted by atomic mass is 10.0. The zero-order chi connectivity index (χ0) is 15.0. The number of aliphatic hydroxyl groups is 2. The summed E-state index contributed by atoms with van der Waals surface area (Å²) < 4.78 is 1.66. The number of benzene rings is 1. The molecule has 0 spiro atoms. The average Bonchev–Trinajstić information content (AvgIpc) is 3.06. The third-order valence-corrected chi connectivity index (χ3v) is 3.97. The van der Waals surface area contributed by atoms with Crippen LogP contribution >= 0.6 is 11.3 Å². The van der Waals surface area contributed by atoms with Gasteiger partial charge in [0.15, 0.2) is 11.1 Å². The Hall–Kier alpha value is -2.22. The van der Waals surface area contributed by atoms with Gasteiger partial charge in [0.1, 0.15) is 6.10 Å². The van der Waals surface area contributed by atoms with Crippen molar-refractivity contribution in [1.82, 2.24) is 9.38 Å². The molecule has 2 aromatic heterocycles. The number of hydrogen-bond donors (Lipinski definition) is 3. The van der Waals surface area contributed by atoms with Crippen LogP contribution in [0.25, 0.3) is 16.2 Å². The zero-order valence-electron chi connectivity index (χ0n) is 10.9. The molecule has 0 radical (unpaired) electrons. The Labute approximate surface area is 124 Å². The second kappa shape index (κ2) is 5.28. The van der Waals surface area contributed by atoms with Crippen LogP contribution in [0.2, 0.25) is 0 Å². The number of nitrogens with zero attached hydrogens (tertiary/aromatic N) is 2. The molecule has 6 nitrogen and oxygen atoms in total. The fourth-order valence-electron chi connectivity index (χ4n) is 2.20. The summed E-state index contributed by atoms with van der Waals surface area (Å²) in [6.07, 6.45) is -1.40. The van der Waals surface area contributed by atoms with E-state index >= 15 is 0 Å². The number of imidazole rings is 1. The number of hydrogen-bond acceptors (Lipinski definition) is 5. The third kappa shape index (κ3) is 2.31. The van der Waals surface area contributed by atoms with Crippen molar-refractivity contribution >= 4 is 22.2 Å². The summed E-state index contributed by atoms with van der Waals surface area (Å²) in [5.74, 6) is -0.980. The molecule has 0 saturated carbocycles. The van der Waals surface area contributed by atoms with Crippen LogP contribution in [0, 0.1) is 0 Å². The third-order valence-electron chi connectivity index (χ3n) is 3.22. The Morgan fingerprint density at radius 1 is 1.29 bits per heavy atom. The first-order valence-electron chi connectivity index (χ1n) is 6.26. The monoisotopic (exact) mass is 303 g/mol. The van der Waals surface area contributed by atoms with Gasteiger partial charge in [-0.1, -0.05) is 30.3 Å². The van der Waals surface area contributed by atoms with Gasteiger partial charge < -0.3 is 15.9 Å². The van der Waals surface area contributed by atoms with Crippen LogP contribution < -0.4 is 5.73 Å². The van der Waals surface area contributed by atoms with Crippen molar-refractivity contribution in [2.45, 2.75) is 12.2 Å². The summed E-state index contributed by atoms with van der Waals surface area (Å²) in [6, 6.07) is 9.27. The molecule has 7 heteroatoms. The van der Waals surface area contributed by atoms with Crippen LogP contribution in [0.5, 0.6) is 0 Å². The van der Waals surface area contributed by atoms with Gasteiger partial charge in [-0.25, -0.2) is 4.98 Å². The number of amides is 1. The largest absolute Gasteiger partial charge is 0.383 e. The number of rotatable bonds is 4. The molecule has 1 amide bonds. The van der Waals surface area contributed by atoms with E-state index < -0.39 is 18.1 Å². The van der Waals surface area contributed by atoms with Gasteiger partial charge in [0.05, 0.1) is 11.4 Å². The molecule has 0 bridgehead atoms. The molecule has 0 fully saturated rings. The van der Waals surface area contributed by atoms with E-state index in [1.807, 2.05) is 35.7 Å². The molecule has 2 unspecified atom stereocenters. The van der Waals surface area contributed by atoms with Crippen LogP contribution in [0.4, 0.5) is 0 Å². The number of carbonyl (C=O) groups excluding carboxylic acids is 1. The highest BCUT2D eigenvalue weighted by atomic mass is 32.1. The molecule has 0 aliphatic rings. The summed E-state index contributed by atoms with van der Waals surface area (Å²) in [6.45, 7) is 0. The molecular weight excluding hydrogens is 290 g/mol. The minimum atomic E-state index is -1.69. The molecule has 0 aliphatic carbocycles. The SMILES string of the molecule is NC(=O)C(O)C(O)c1c(-c2ccccc2)nc2sccn12. The molecule has 21 heavy (non-hydrogen) atoms. The van der Waals surface area contributed by atoms with Crippen LogP contribution in [-0.4, -0.2) is 31.6 Å². The molecule has 0 saturated heterocycles. The first-order valence-corrected chi connectivity index (χ1v) is 7.14. The molecule has 1 aromatic carbocycles. The van der Waals surface area contributed by atoms with E-state index in [2.05, 4.69) is 4.98 Å². The van der Waals surface area contributed by atoms with E-state index in [1.54, 1.807) is 10.6 Å². The van der Waals surface area contributed by atoms with Crippen LogP contribution in [0.1, 0.15) is 11.8 Å². The smallest absolute Gasteiger partial charge is 0.249 e. The van der Waals surface area contributed by atoms with Crippen molar-refractivity contribution in [3.8, 4) is 11.3 Å². The van der Waals surface area contributed by atoms with E-state index in [4.69, 9.17) is 5.73 Å². The van der Waals surface area contributed by atoms with Gasteiger partial charge in [0.25, 0.3) is 0 Å². The van der Waals surface area contributed by atoms with Gasteiger partial charge >= 0.3 is 0 Å². The fourth-order valence-corrected chi connectivity index (χ4v) is 2.92. The topological polar surface area (TPSA) is 101 Å². The van der Waals surface area contributed by atoms with Gasteiger partial charge in [-0.2, -0.15) is 0 Å². The Bertz CT molecular complexity index is 781. The predicted molar refractivity (Wildman–Crippen MR) is 78.7 cm³/mol. The van der Waals surface area contributed by atoms with Crippen LogP contribution in [-0.2, 0) is 4.79 Å². The highest BCUT2D eigenvalue weighted by Crippen LogP contribution is 2.32. The van der Waals surface area contributed by atoms with Gasteiger partial charge in [0.2, 0.25) is 5.91 Å². The predicted octanol–water partition coefficient (Wildman–Crippen LogP) is 0.942. The van der Waals surface area contributed by atoms with Gasteiger partial charge in [-0.15, -0.1) is 11.3 Å². The molecule has 0 aliphatic heterocycles. The number of thiazole rings is 1. The number of aromatic nitrogens is 2. The summed E-state index contributed by atoms with van der Waals surface area (Å²) in [4.78, 5) is 16.3. The zero-order valence-corrected chi connectivity index (χ0v) is 11.7. The Morgan fingerprint density at radius 2 is 2.00 bits per heavy atom. The normalized spacial score (nSPS) is 14.2. The maximum Gasteiger partial charge on any atom is 0.249 e. The van der Waals surface area contributed by atoms with E-state index in [1.165, 1.54) is 11.3 Å². The number of carbonyl (C=O) groups is 1. The molecular formula is C14H13N3O3S. The molecule has 4 N–H and O–H groups in total. The summed E-state index contributed by atoms with van der Waals surface area (Å²) in [5.41, 5.74) is 6.74.